The molecule has 5 heteroatoms. The molecule has 0 aromatic carbocycles. The Kier molecular flexibility index (Phi) is 4.51. The molecule has 0 aliphatic carbocycles. The van der Waals surface area contributed by atoms with E-state index in [4.69, 9.17) is 0 Å². The molecule has 0 aromatic heterocycles. The van der Waals surface area contributed by atoms with Gasteiger partial charge in [0.1, 0.15) is 5.54 Å². The maximum atomic E-state index is 11.7. The van der Waals surface area contributed by atoms with Gasteiger partial charge in [-0.05, 0) is 32.2 Å². The van der Waals surface area contributed by atoms with Crippen LogP contribution >= 0.6 is 0 Å². The van der Waals surface area contributed by atoms with Gasteiger partial charge in [-0.15, -0.1) is 0 Å². The van der Waals surface area contributed by atoms with Crippen LogP contribution in [0.15, 0.2) is 0 Å². The quantitative estimate of drug-likeness (QED) is 0.744. The molecule has 0 saturated carbocycles. The fourth-order valence-electron chi connectivity index (χ4n) is 2.06. The number of carboxylic acid groups (broad SMARTS) is 1. The van der Waals surface area contributed by atoms with Crippen LogP contribution in [0.5, 0.6) is 0 Å². The van der Waals surface area contributed by atoms with Gasteiger partial charge in [0.05, 0.1) is 6.54 Å². The number of likely N-dealkylation sites (tertiary alicyclic amines) is 1. The van der Waals surface area contributed by atoms with E-state index in [2.05, 4.69) is 5.32 Å². The molecule has 1 aliphatic heterocycles. The second-order valence-electron chi connectivity index (χ2n) is 5.30. The molecule has 1 atom stereocenters. The molecule has 5 nitrogen and oxygen atoms in total. The van der Waals surface area contributed by atoms with Gasteiger partial charge >= 0.3 is 5.97 Å². The van der Waals surface area contributed by atoms with Gasteiger partial charge in [0.15, 0.2) is 0 Å². The molecule has 1 rings (SSSR count). The van der Waals surface area contributed by atoms with Crippen molar-refractivity contribution in [3.05, 3.63) is 0 Å². The smallest absolute Gasteiger partial charge is 0.323 e. The van der Waals surface area contributed by atoms with Crippen LogP contribution in [0.2, 0.25) is 0 Å². The molecule has 1 aliphatic rings. The van der Waals surface area contributed by atoms with Crippen molar-refractivity contribution in [1.29, 1.82) is 0 Å². The first-order chi connectivity index (χ1) is 7.86. The minimum Gasteiger partial charge on any atom is -0.480 e. The molecule has 1 unspecified atom stereocenters. The first-order valence-corrected chi connectivity index (χ1v) is 6.11. The second-order valence-corrected chi connectivity index (χ2v) is 5.30. The first kappa shape index (κ1) is 14.0. The third kappa shape index (κ3) is 3.43. The molecule has 1 saturated heterocycles. The zero-order chi connectivity index (χ0) is 13.1. The predicted molar refractivity (Wildman–Crippen MR) is 64.7 cm³/mol. The van der Waals surface area contributed by atoms with Crippen molar-refractivity contribution in [3.8, 4) is 0 Å². The van der Waals surface area contributed by atoms with E-state index >= 15 is 0 Å². The molecule has 0 radical (unpaired) electrons. The number of hydrogen-bond acceptors (Lipinski definition) is 3. The Morgan fingerprint density at radius 3 is 2.65 bits per heavy atom. The number of aliphatic carboxylic acids is 1. The molecular formula is C12H22N2O3. The molecule has 2 N–H and O–H groups in total. The number of nitrogens with one attached hydrogen (secondary N) is 1. The third-order valence-corrected chi connectivity index (χ3v) is 3.29. The number of nitrogens with zero attached hydrogens (tertiary/aromatic N) is 1. The van der Waals surface area contributed by atoms with Crippen LogP contribution in [0.4, 0.5) is 0 Å². The summed E-state index contributed by atoms with van der Waals surface area (Å²) in [5.41, 5.74) is -0.880. The molecular weight excluding hydrogens is 220 g/mol. The van der Waals surface area contributed by atoms with E-state index < -0.39 is 11.5 Å². The van der Waals surface area contributed by atoms with Crippen LogP contribution in [-0.2, 0) is 9.59 Å². The second kappa shape index (κ2) is 5.49. The fraction of sp³-hybridized carbons (Fsp3) is 0.833. The van der Waals surface area contributed by atoms with Crippen molar-refractivity contribution in [3.63, 3.8) is 0 Å². The highest BCUT2D eigenvalue weighted by atomic mass is 16.4. The van der Waals surface area contributed by atoms with Crippen molar-refractivity contribution >= 4 is 11.9 Å². The summed E-state index contributed by atoms with van der Waals surface area (Å²) in [5.74, 6) is -0.525. The van der Waals surface area contributed by atoms with E-state index in [1.54, 1.807) is 11.8 Å². The highest BCUT2D eigenvalue weighted by Gasteiger charge is 2.43. The average Bonchev–Trinajstić information content (AvgIpc) is 2.59. The van der Waals surface area contributed by atoms with E-state index in [0.29, 0.717) is 25.4 Å². The normalized spacial score (nSPS) is 25.2. The standard InChI is InChI=1S/C12H22N2O3/c1-9(2)7-13-10(15)8-14-6-4-5-12(14,3)11(16)17/h9H,4-8H2,1-3H3,(H,13,15)(H,16,17). The van der Waals surface area contributed by atoms with E-state index in [0.717, 1.165) is 6.42 Å². The maximum Gasteiger partial charge on any atom is 0.323 e. The Labute approximate surface area is 102 Å². The zero-order valence-corrected chi connectivity index (χ0v) is 10.8. The van der Waals surface area contributed by atoms with Crippen molar-refractivity contribution in [2.45, 2.75) is 39.2 Å². The van der Waals surface area contributed by atoms with Crippen molar-refractivity contribution < 1.29 is 14.7 Å². The third-order valence-electron chi connectivity index (χ3n) is 3.29. The van der Waals surface area contributed by atoms with Gasteiger partial charge in [0, 0.05) is 6.54 Å². The lowest BCUT2D eigenvalue weighted by Crippen LogP contribution is -2.51. The Morgan fingerprint density at radius 2 is 2.12 bits per heavy atom. The highest BCUT2D eigenvalue weighted by Crippen LogP contribution is 2.28. The van der Waals surface area contributed by atoms with E-state index in [-0.39, 0.29) is 12.5 Å². The number of carbonyl (C=O) groups is 2. The Hall–Kier alpha value is -1.10. The Balaban J connectivity index is 2.50. The summed E-state index contributed by atoms with van der Waals surface area (Å²) < 4.78 is 0. The lowest BCUT2D eigenvalue weighted by molar-refractivity contribution is -0.149. The summed E-state index contributed by atoms with van der Waals surface area (Å²) in [6.07, 6.45) is 1.44. The van der Waals surface area contributed by atoms with E-state index in [1.165, 1.54) is 0 Å². The minimum absolute atomic E-state index is 0.0897. The van der Waals surface area contributed by atoms with Crippen molar-refractivity contribution in [2.75, 3.05) is 19.6 Å². The molecule has 0 aromatic rings. The zero-order valence-electron chi connectivity index (χ0n) is 10.8. The molecule has 1 fully saturated rings. The SMILES string of the molecule is CC(C)CNC(=O)CN1CCCC1(C)C(=O)O. The van der Waals surface area contributed by atoms with E-state index in [1.807, 2.05) is 13.8 Å². The molecule has 1 amide bonds. The van der Waals surface area contributed by atoms with Gasteiger partial charge in [0.2, 0.25) is 5.91 Å². The van der Waals surface area contributed by atoms with Gasteiger partial charge in [0.25, 0.3) is 0 Å². The monoisotopic (exact) mass is 242 g/mol. The van der Waals surface area contributed by atoms with Crippen LogP contribution in [-0.4, -0.2) is 47.1 Å². The summed E-state index contributed by atoms with van der Waals surface area (Å²) in [4.78, 5) is 24.6. The Morgan fingerprint density at radius 1 is 1.47 bits per heavy atom. The van der Waals surface area contributed by atoms with Crippen LogP contribution in [0, 0.1) is 5.92 Å². The minimum atomic E-state index is -0.880. The fourth-order valence-corrected chi connectivity index (χ4v) is 2.06. The van der Waals surface area contributed by atoms with Crippen LogP contribution < -0.4 is 5.32 Å². The number of carbonyl (C=O) groups excluding carboxylic acids is 1. The average molecular weight is 242 g/mol. The topological polar surface area (TPSA) is 69.6 Å². The van der Waals surface area contributed by atoms with Gasteiger partial charge in [-0.2, -0.15) is 0 Å². The van der Waals surface area contributed by atoms with Crippen LogP contribution in [0.1, 0.15) is 33.6 Å². The van der Waals surface area contributed by atoms with Gasteiger partial charge in [-0.1, -0.05) is 13.8 Å². The van der Waals surface area contributed by atoms with Crippen LogP contribution in [0.3, 0.4) is 0 Å². The summed E-state index contributed by atoms with van der Waals surface area (Å²) >= 11 is 0. The predicted octanol–water partition coefficient (Wildman–Crippen LogP) is 0.698. The van der Waals surface area contributed by atoms with Gasteiger partial charge in [-0.3, -0.25) is 14.5 Å². The first-order valence-electron chi connectivity index (χ1n) is 6.11. The lowest BCUT2D eigenvalue weighted by Gasteiger charge is -2.30. The van der Waals surface area contributed by atoms with Gasteiger partial charge < -0.3 is 10.4 Å². The number of amides is 1. The highest BCUT2D eigenvalue weighted by molar-refractivity contribution is 5.82. The van der Waals surface area contributed by atoms with Gasteiger partial charge in [-0.25, -0.2) is 0 Å². The molecule has 0 bridgehead atoms. The largest absolute Gasteiger partial charge is 0.480 e. The summed E-state index contributed by atoms with van der Waals surface area (Å²) in [6, 6.07) is 0. The number of hydrogen-bond donors (Lipinski definition) is 2. The van der Waals surface area contributed by atoms with E-state index in [9.17, 15) is 14.7 Å². The van der Waals surface area contributed by atoms with Crippen LogP contribution in [0.25, 0.3) is 0 Å². The Bertz CT molecular complexity index is 304. The summed E-state index contributed by atoms with van der Waals surface area (Å²) in [7, 11) is 0. The molecule has 98 valence electrons. The summed E-state index contributed by atoms with van der Waals surface area (Å²) in [5, 5.41) is 12.0. The van der Waals surface area contributed by atoms with Crippen molar-refractivity contribution in [2.24, 2.45) is 5.92 Å². The molecule has 17 heavy (non-hydrogen) atoms. The summed E-state index contributed by atoms with van der Waals surface area (Å²) in [6.45, 7) is 7.23. The lowest BCUT2D eigenvalue weighted by atomic mass is 9.99. The molecule has 0 spiro atoms. The number of rotatable bonds is 5. The maximum absolute atomic E-state index is 11.7. The molecule has 1 heterocycles. The number of carboxylic acids is 1. The van der Waals surface area contributed by atoms with Crippen molar-refractivity contribution in [1.82, 2.24) is 10.2 Å².